The van der Waals surface area contributed by atoms with Crippen LogP contribution in [0.5, 0.6) is 0 Å². The summed E-state index contributed by atoms with van der Waals surface area (Å²) in [6.45, 7) is 29.7. The maximum atomic E-state index is 5.21. The van der Waals surface area contributed by atoms with Crippen molar-refractivity contribution in [3.63, 3.8) is 0 Å². The van der Waals surface area contributed by atoms with E-state index < -0.39 is 0 Å². The maximum absolute atomic E-state index is 5.21. The monoisotopic (exact) mass is 1250 g/mol. The summed E-state index contributed by atoms with van der Waals surface area (Å²) in [5, 5.41) is 0. The molecule has 4 aromatic rings. The number of fused-ring (bicyclic) bond motifs is 4. The van der Waals surface area contributed by atoms with Gasteiger partial charge in [0.05, 0.1) is 22.7 Å². The molecule has 0 saturated heterocycles. The molecule has 4 nitrogen and oxygen atoms in total. The van der Waals surface area contributed by atoms with Gasteiger partial charge in [-0.1, -0.05) is 149 Å². The van der Waals surface area contributed by atoms with Crippen molar-refractivity contribution in [2.45, 2.75) is 174 Å². The van der Waals surface area contributed by atoms with Crippen molar-refractivity contribution in [2.75, 3.05) is 0 Å². The fraction of sp³-hybridized carbons (Fsp3) is 0.419. The summed E-state index contributed by atoms with van der Waals surface area (Å²) >= 11 is 0. The molecule has 0 saturated carbocycles. The molecule has 4 aliphatic heterocycles. The van der Waals surface area contributed by atoms with Crippen molar-refractivity contribution in [3.05, 3.63) is 119 Å². The molecule has 4 heterocycles. The molecule has 0 aromatic heterocycles. The molecule has 4 aromatic carbocycles. The first-order chi connectivity index (χ1) is 32.5. The number of aliphatic imine (C=N–C) groups is 4. The molecule has 0 amide bonds. The molecule has 0 atom stereocenters. The van der Waals surface area contributed by atoms with E-state index in [0.29, 0.717) is 0 Å². The van der Waals surface area contributed by atoms with E-state index >= 15 is 0 Å². The number of terminal acetylenes is 1. The molecule has 0 bridgehead atoms. The van der Waals surface area contributed by atoms with Gasteiger partial charge in [0.25, 0.3) is 0 Å². The van der Waals surface area contributed by atoms with Crippen molar-refractivity contribution < 1.29 is 42.1 Å². The first kappa shape index (κ1) is 69.7. The van der Waals surface area contributed by atoms with Crippen LogP contribution in [0.3, 0.4) is 0 Å². The number of hydrogen-bond acceptors (Lipinski definition) is 4. The molecular weight excluding hydrogens is 1170 g/mol. The Morgan fingerprint density at radius 2 is 0.691 bits per heavy atom. The topological polar surface area (TPSA) is 49.4 Å². The van der Waals surface area contributed by atoms with Crippen molar-refractivity contribution in [1.82, 2.24) is 0 Å². The van der Waals surface area contributed by atoms with Crippen LogP contribution in [0.15, 0.2) is 117 Å². The van der Waals surface area contributed by atoms with E-state index in [2.05, 4.69) is 141 Å². The predicted octanol–water partition coefficient (Wildman–Crippen LogP) is 17.8. The fourth-order valence-electron chi connectivity index (χ4n) is 6.38. The molecule has 364 valence electrons. The second-order valence-corrected chi connectivity index (χ2v) is 13.4. The average Bonchev–Trinajstić information content (AvgIpc) is 4.19. The molecule has 6 heteroatoms. The summed E-state index contributed by atoms with van der Waals surface area (Å²) in [6.07, 6.45) is 15.9. The Balaban J connectivity index is -0.000000364. The SMILES string of the molecule is C#CCCC1=Nc2ccccc2C1.CC.CC.CC.CC.CC.CC#CCC.CC#CCCC1=Nc2ccccc2C1.CC#CCCC1=Nc2ccccc2C1.CC1=Nc2ccccc2C1.[W].[W]. The van der Waals surface area contributed by atoms with Gasteiger partial charge < -0.3 is 0 Å². The van der Waals surface area contributed by atoms with Crippen molar-refractivity contribution in [3.8, 4) is 47.9 Å². The van der Waals surface area contributed by atoms with Crippen molar-refractivity contribution >= 4 is 45.6 Å². The van der Waals surface area contributed by atoms with Crippen LogP contribution in [0, 0.1) is 47.9 Å². The largest absolute Gasteiger partial charge is 0.257 e. The van der Waals surface area contributed by atoms with E-state index in [1.165, 1.54) is 45.1 Å². The first-order valence-corrected chi connectivity index (χ1v) is 24.6. The van der Waals surface area contributed by atoms with Gasteiger partial charge in [0.15, 0.2) is 0 Å². The summed E-state index contributed by atoms with van der Waals surface area (Å²) < 4.78 is 0. The molecule has 0 spiro atoms. The Morgan fingerprint density at radius 3 is 0.941 bits per heavy atom. The van der Waals surface area contributed by atoms with E-state index in [1.807, 2.05) is 121 Å². The zero-order valence-electron chi connectivity index (χ0n) is 44.7. The van der Waals surface area contributed by atoms with Gasteiger partial charge in [-0.15, -0.1) is 47.9 Å². The van der Waals surface area contributed by atoms with Gasteiger partial charge in [-0.3, -0.25) is 20.0 Å². The van der Waals surface area contributed by atoms with Crippen LogP contribution in [0.1, 0.15) is 171 Å². The van der Waals surface area contributed by atoms with E-state index in [9.17, 15) is 0 Å². The summed E-state index contributed by atoms with van der Waals surface area (Å²) in [4.78, 5) is 18.0. The van der Waals surface area contributed by atoms with E-state index in [4.69, 9.17) is 6.42 Å². The molecule has 4 aliphatic rings. The van der Waals surface area contributed by atoms with Gasteiger partial charge in [0, 0.05) is 116 Å². The average molecular weight is 1250 g/mol. The third kappa shape index (κ3) is 29.2. The van der Waals surface area contributed by atoms with Crippen LogP contribution in [0.25, 0.3) is 0 Å². The molecule has 0 aliphatic carbocycles. The minimum Gasteiger partial charge on any atom is -0.257 e. The molecular formula is C62H84N4W2. The summed E-state index contributed by atoms with van der Waals surface area (Å²) in [7, 11) is 0. The number of benzene rings is 4. The summed E-state index contributed by atoms with van der Waals surface area (Å²) in [5.41, 5.74) is 14.9. The summed E-state index contributed by atoms with van der Waals surface area (Å²) in [5.74, 6) is 20.2. The van der Waals surface area contributed by atoms with Gasteiger partial charge in [-0.05, 0) is 93.5 Å². The molecule has 0 N–H and O–H groups in total. The van der Waals surface area contributed by atoms with Gasteiger partial charge in [-0.25, -0.2) is 0 Å². The third-order valence-electron chi connectivity index (χ3n) is 9.09. The number of hydrogen-bond donors (Lipinski definition) is 0. The number of nitrogens with zero attached hydrogens (tertiary/aromatic N) is 4. The fourth-order valence-corrected chi connectivity index (χ4v) is 6.38. The predicted molar refractivity (Wildman–Crippen MR) is 299 cm³/mol. The van der Waals surface area contributed by atoms with Crippen LogP contribution in [-0.4, -0.2) is 22.8 Å². The smallest absolute Gasteiger partial charge is 0.0664 e. The zero-order chi connectivity index (χ0) is 49.8. The zero-order valence-corrected chi connectivity index (χ0v) is 50.6. The van der Waals surface area contributed by atoms with Crippen LogP contribution in [0.2, 0.25) is 0 Å². The Labute approximate surface area is 446 Å². The van der Waals surface area contributed by atoms with Crippen molar-refractivity contribution in [1.29, 1.82) is 0 Å². The minimum atomic E-state index is 0. The van der Waals surface area contributed by atoms with E-state index in [1.54, 1.807) is 0 Å². The molecule has 0 unspecified atom stereocenters. The molecule has 0 radical (unpaired) electrons. The normalized spacial score (nSPS) is 10.8. The first-order valence-electron chi connectivity index (χ1n) is 24.6. The quantitative estimate of drug-likeness (QED) is 0.173. The second kappa shape index (κ2) is 48.6. The van der Waals surface area contributed by atoms with Gasteiger partial charge in [0.2, 0.25) is 0 Å². The number of para-hydroxylation sites is 4. The minimum absolute atomic E-state index is 0. The van der Waals surface area contributed by atoms with Gasteiger partial charge in [-0.2, -0.15) is 0 Å². The molecule has 68 heavy (non-hydrogen) atoms. The second-order valence-electron chi connectivity index (χ2n) is 13.4. The molecule has 0 fully saturated rings. The Bertz CT molecular complexity index is 2210. The molecule has 8 rings (SSSR count). The maximum Gasteiger partial charge on any atom is 0.0664 e. The van der Waals surface area contributed by atoms with Gasteiger partial charge in [0.1, 0.15) is 0 Å². The van der Waals surface area contributed by atoms with E-state index in [0.717, 1.165) is 93.4 Å². The van der Waals surface area contributed by atoms with Gasteiger partial charge >= 0.3 is 0 Å². The Kier molecular flexibility index (Phi) is 49.9. The van der Waals surface area contributed by atoms with E-state index in [-0.39, 0.29) is 42.1 Å². The van der Waals surface area contributed by atoms with Crippen LogP contribution < -0.4 is 0 Å². The Morgan fingerprint density at radius 1 is 0.412 bits per heavy atom. The Hall–Kier alpha value is -4.82. The van der Waals surface area contributed by atoms with Crippen LogP contribution in [-0.2, 0) is 67.8 Å². The van der Waals surface area contributed by atoms with Crippen molar-refractivity contribution in [2.24, 2.45) is 20.0 Å². The standard InChI is InChI=1S/2C13H13N.C12H11N.C9H9N.C5H8.5C2H6.2W/c2*1-2-3-4-8-12-10-11-7-5-6-9-13(11)14-12;1-2-3-7-11-9-10-6-4-5-8-12(10)13-11;1-7-6-8-4-2-3-5-9(8)10-7;1-3-5-4-2;5*1-2;;/h2*5-7,9H,4,8,10H2,1H3;1,4-6,8H,3,7,9H2;2-5H,6H2,1H3;3H2,1-2H3;5*1-2H3;;. The summed E-state index contributed by atoms with van der Waals surface area (Å²) in [6, 6.07) is 33.2. The van der Waals surface area contributed by atoms with Crippen LogP contribution >= 0.6 is 0 Å². The third-order valence-corrected chi connectivity index (χ3v) is 9.09. The van der Waals surface area contributed by atoms with Crippen LogP contribution in [0.4, 0.5) is 22.7 Å². The number of rotatable bonds is 6.